The average Bonchev–Trinajstić information content (AvgIpc) is 2.14. The Bertz CT molecular complexity index is 578. The zero-order valence-electron chi connectivity index (χ0n) is 7.88. The van der Waals surface area contributed by atoms with Gasteiger partial charge in [-0.3, -0.25) is 0 Å². The molecule has 0 aliphatic rings. The zero-order valence-corrected chi connectivity index (χ0v) is 10.0. The van der Waals surface area contributed by atoms with E-state index in [2.05, 4.69) is 0 Å². The average molecular weight is 356 g/mol. The molecule has 8 nitrogen and oxygen atoms in total. The summed E-state index contributed by atoms with van der Waals surface area (Å²) in [6, 6.07) is 0.473. The van der Waals surface area contributed by atoms with Crippen molar-refractivity contribution in [1.82, 2.24) is 0 Å². The maximum atomic E-state index is 10.9. The highest BCUT2D eigenvalue weighted by Crippen LogP contribution is 2.38. The van der Waals surface area contributed by atoms with E-state index in [0.717, 1.165) is 0 Å². The molecule has 0 fully saturated rings. The first kappa shape index (κ1) is 13.2. The molecule has 0 aromatic heterocycles. The molecular formula is C8H5IO8. The summed E-state index contributed by atoms with van der Waals surface area (Å²) < 4.78 is 20.8. The summed E-state index contributed by atoms with van der Waals surface area (Å²) in [4.78, 5) is 21.3. The fourth-order valence-electron chi connectivity index (χ4n) is 1.15. The van der Waals surface area contributed by atoms with Crippen LogP contribution in [0.25, 0.3) is 0 Å². The van der Waals surface area contributed by atoms with E-state index in [1.54, 1.807) is 0 Å². The molecule has 0 saturated carbocycles. The van der Waals surface area contributed by atoms with Gasteiger partial charge in [-0.2, -0.15) is 0 Å². The summed E-state index contributed by atoms with van der Waals surface area (Å²) in [5.41, 5.74) is -1.90. The van der Waals surface area contributed by atoms with E-state index in [1.807, 2.05) is 0 Å². The molecular weight excluding hydrogens is 351 g/mol. The standard InChI is InChI=1S/C8H5IO8/c10-3-1-2(7(12)13)5(9(16)17)6(11)4(3)8(14)15/h1,10-11H,(H,12,13)(H,14,15). The Labute approximate surface area is 100 Å². The molecule has 0 aliphatic heterocycles. The normalized spacial score (nSPS) is 10.4. The van der Waals surface area contributed by atoms with Gasteiger partial charge in [-0.1, -0.05) is 0 Å². The second-order valence-corrected chi connectivity index (χ2v) is 5.13. The quantitative estimate of drug-likeness (QED) is 0.583. The summed E-state index contributed by atoms with van der Waals surface area (Å²) in [5.74, 6) is -5.74. The highest BCUT2D eigenvalue weighted by atomic mass is 127. The fraction of sp³-hybridized carbons (Fsp3) is 0. The van der Waals surface area contributed by atoms with Crippen LogP contribution in [0.4, 0.5) is 0 Å². The van der Waals surface area contributed by atoms with E-state index in [0.29, 0.717) is 6.07 Å². The van der Waals surface area contributed by atoms with E-state index < -0.39 is 57.9 Å². The number of hydrogen-bond acceptors (Lipinski definition) is 6. The van der Waals surface area contributed by atoms with Crippen LogP contribution in [0.5, 0.6) is 11.5 Å². The predicted molar refractivity (Wildman–Crippen MR) is 57.8 cm³/mol. The molecule has 0 aliphatic carbocycles. The minimum absolute atomic E-state index is 0.473. The van der Waals surface area contributed by atoms with Gasteiger partial charge in [0.1, 0.15) is 14.9 Å². The minimum Gasteiger partial charge on any atom is -0.507 e. The van der Waals surface area contributed by atoms with Gasteiger partial charge in [0.05, 0.1) is 5.56 Å². The van der Waals surface area contributed by atoms with Crippen molar-refractivity contribution in [2.45, 2.75) is 0 Å². The molecule has 0 heterocycles. The molecule has 1 rings (SSSR count). The van der Waals surface area contributed by atoms with Crippen LogP contribution in [-0.2, 0) is 6.14 Å². The smallest absolute Gasteiger partial charge is 0.345 e. The SMILES string of the molecule is O=C(O)c1cc(O)c(C(=O)O)c(O)c1I(=O)=O. The van der Waals surface area contributed by atoms with Gasteiger partial charge in [-0.05, 0) is 6.07 Å². The molecule has 0 amide bonds. The number of hydrogen-bond donors (Lipinski definition) is 4. The molecule has 92 valence electrons. The van der Waals surface area contributed by atoms with Gasteiger partial charge in [0.2, 0.25) is 0 Å². The largest absolute Gasteiger partial charge is 0.507 e. The fourth-order valence-corrected chi connectivity index (χ4v) is 2.70. The summed E-state index contributed by atoms with van der Waals surface area (Å²) in [6.07, 6.45) is 0. The Hall–Kier alpha value is -1.91. The van der Waals surface area contributed by atoms with Crippen molar-refractivity contribution in [3.8, 4) is 11.5 Å². The first-order chi connectivity index (χ1) is 7.77. The molecule has 0 radical (unpaired) electrons. The molecule has 17 heavy (non-hydrogen) atoms. The third-order valence-electron chi connectivity index (χ3n) is 1.82. The topological polar surface area (TPSA) is 149 Å². The van der Waals surface area contributed by atoms with Crippen LogP contribution >= 0.6 is 19.8 Å². The second kappa shape index (κ2) is 4.53. The third kappa shape index (κ3) is 2.27. The van der Waals surface area contributed by atoms with Crippen LogP contribution in [0, 0.1) is 3.57 Å². The van der Waals surface area contributed by atoms with Gasteiger partial charge in [0, 0.05) is 0 Å². The maximum Gasteiger partial charge on any atom is 0.345 e. The number of carboxylic acid groups (broad SMARTS) is 2. The number of aromatic hydroxyl groups is 2. The van der Waals surface area contributed by atoms with Gasteiger partial charge >= 0.3 is 31.7 Å². The lowest BCUT2D eigenvalue weighted by molar-refractivity contribution is 0.0673. The van der Waals surface area contributed by atoms with Crippen LogP contribution in [0.15, 0.2) is 6.07 Å². The first-order valence-corrected chi connectivity index (χ1v) is 6.72. The van der Waals surface area contributed by atoms with Crippen molar-refractivity contribution in [3.05, 3.63) is 20.8 Å². The predicted octanol–water partition coefficient (Wildman–Crippen LogP) is 0.861. The Morgan fingerprint density at radius 3 is 1.94 bits per heavy atom. The second-order valence-electron chi connectivity index (χ2n) is 2.81. The van der Waals surface area contributed by atoms with E-state index >= 15 is 0 Å². The van der Waals surface area contributed by atoms with E-state index in [4.69, 9.17) is 10.2 Å². The van der Waals surface area contributed by atoms with Gasteiger partial charge in [-0.15, -0.1) is 0 Å². The van der Waals surface area contributed by atoms with E-state index in [-0.39, 0.29) is 0 Å². The molecule has 0 atom stereocenters. The lowest BCUT2D eigenvalue weighted by Crippen LogP contribution is -2.05. The molecule has 0 spiro atoms. The van der Waals surface area contributed by atoms with Crippen LogP contribution in [0.3, 0.4) is 0 Å². The minimum atomic E-state index is -4.43. The van der Waals surface area contributed by atoms with Crippen molar-refractivity contribution in [2.24, 2.45) is 0 Å². The van der Waals surface area contributed by atoms with Crippen molar-refractivity contribution >= 4 is 31.7 Å². The number of phenols is 2. The highest BCUT2D eigenvalue weighted by Gasteiger charge is 2.27. The summed E-state index contributed by atoms with van der Waals surface area (Å²) in [7, 11) is 0. The number of benzene rings is 1. The first-order valence-electron chi connectivity index (χ1n) is 3.88. The highest BCUT2D eigenvalue weighted by molar-refractivity contribution is 14.2. The van der Waals surface area contributed by atoms with Crippen molar-refractivity contribution in [2.75, 3.05) is 0 Å². The van der Waals surface area contributed by atoms with Crippen LogP contribution in [-0.4, -0.2) is 32.4 Å². The van der Waals surface area contributed by atoms with Gasteiger partial charge in [-0.25, -0.2) is 15.7 Å². The molecule has 0 bridgehead atoms. The number of aromatic carboxylic acids is 2. The Kier molecular flexibility index (Phi) is 3.50. The van der Waals surface area contributed by atoms with Crippen molar-refractivity contribution < 1.29 is 36.2 Å². The van der Waals surface area contributed by atoms with Gasteiger partial charge < -0.3 is 20.4 Å². The number of carboxylic acids is 2. The van der Waals surface area contributed by atoms with Crippen LogP contribution in [0.2, 0.25) is 0 Å². The van der Waals surface area contributed by atoms with Gasteiger partial charge in [0.25, 0.3) is 0 Å². The Morgan fingerprint density at radius 1 is 1.06 bits per heavy atom. The Morgan fingerprint density at radius 2 is 1.59 bits per heavy atom. The molecule has 0 unspecified atom stereocenters. The van der Waals surface area contributed by atoms with Crippen molar-refractivity contribution in [3.63, 3.8) is 0 Å². The van der Waals surface area contributed by atoms with E-state index in [9.17, 15) is 25.9 Å². The molecule has 9 heteroatoms. The van der Waals surface area contributed by atoms with Crippen LogP contribution in [0.1, 0.15) is 20.7 Å². The molecule has 4 N–H and O–H groups in total. The van der Waals surface area contributed by atoms with E-state index in [1.165, 1.54) is 0 Å². The number of rotatable bonds is 3. The monoisotopic (exact) mass is 356 g/mol. The molecule has 0 saturated heterocycles. The number of halogens is 1. The third-order valence-corrected chi connectivity index (χ3v) is 3.79. The van der Waals surface area contributed by atoms with Crippen LogP contribution < -0.4 is 0 Å². The Balaban J connectivity index is 3.83. The molecule has 1 aromatic rings. The lowest BCUT2D eigenvalue weighted by Gasteiger charge is -2.07. The maximum absolute atomic E-state index is 10.9. The molecule has 1 aromatic carbocycles. The summed E-state index contributed by atoms with van der Waals surface area (Å²) in [5, 5.41) is 35.9. The van der Waals surface area contributed by atoms with Crippen molar-refractivity contribution in [1.29, 1.82) is 0 Å². The summed E-state index contributed by atoms with van der Waals surface area (Å²) >= 11 is -4.43. The number of carbonyl (C=O) groups is 2. The van der Waals surface area contributed by atoms with Gasteiger partial charge in [0.15, 0.2) is 5.75 Å². The zero-order chi connectivity index (χ0) is 13.3. The lowest BCUT2D eigenvalue weighted by atomic mass is 10.1. The summed E-state index contributed by atoms with van der Waals surface area (Å²) in [6.45, 7) is 0.